The summed E-state index contributed by atoms with van der Waals surface area (Å²) < 4.78 is 5.05. The van der Waals surface area contributed by atoms with Crippen molar-refractivity contribution in [2.45, 2.75) is 25.7 Å². The highest BCUT2D eigenvalue weighted by Gasteiger charge is 2.72. The third kappa shape index (κ3) is 2.15. The molecule has 1 N–H and O–H groups in total. The Labute approximate surface area is 167 Å². The number of aromatic carboxylic acids is 1. The van der Waals surface area contributed by atoms with Gasteiger partial charge in [0, 0.05) is 0 Å². The lowest BCUT2D eigenvalue weighted by Gasteiger charge is -2.26. The average molecular weight is 392 g/mol. The summed E-state index contributed by atoms with van der Waals surface area (Å²) in [6.45, 7) is 4.54. The van der Waals surface area contributed by atoms with E-state index in [4.69, 9.17) is 4.74 Å². The van der Waals surface area contributed by atoms with E-state index in [1.54, 1.807) is 17.0 Å². The number of ether oxygens (including phenoxy) is 1. The molecular weight excluding hydrogens is 372 g/mol. The summed E-state index contributed by atoms with van der Waals surface area (Å²) in [6, 6.07) is 12.3. The smallest absolute Gasteiger partial charge is 0.414 e. The SMILES string of the molecule is CC1(C)C[C@]12C(=O)N(c1cccc(C(=O)O)c1N1CCOC1=O)c1ccccc12. The summed E-state index contributed by atoms with van der Waals surface area (Å²) in [4.78, 5) is 40.9. The zero-order valence-electron chi connectivity index (χ0n) is 16.1. The minimum absolute atomic E-state index is 0.0392. The zero-order chi connectivity index (χ0) is 20.6. The molecule has 0 radical (unpaired) electrons. The van der Waals surface area contributed by atoms with Crippen LogP contribution in [0.1, 0.15) is 36.2 Å². The predicted molar refractivity (Wildman–Crippen MR) is 106 cm³/mol. The number of carbonyl (C=O) groups is 3. The molecule has 2 amide bonds. The first-order valence-electron chi connectivity index (χ1n) is 9.54. The number of carboxylic acids is 1. The number of para-hydroxylation sites is 2. The van der Waals surface area contributed by atoms with Crippen LogP contribution in [0.25, 0.3) is 0 Å². The molecule has 5 rings (SSSR count). The molecule has 0 aromatic heterocycles. The molecule has 2 aliphatic heterocycles. The van der Waals surface area contributed by atoms with E-state index in [1.165, 1.54) is 11.0 Å². The van der Waals surface area contributed by atoms with E-state index < -0.39 is 17.5 Å². The maximum Gasteiger partial charge on any atom is 0.414 e. The van der Waals surface area contributed by atoms with Gasteiger partial charge in [0.25, 0.3) is 0 Å². The van der Waals surface area contributed by atoms with E-state index in [9.17, 15) is 19.5 Å². The van der Waals surface area contributed by atoms with Gasteiger partial charge in [-0.1, -0.05) is 38.1 Å². The Kier molecular flexibility index (Phi) is 3.42. The van der Waals surface area contributed by atoms with Gasteiger partial charge in [0.1, 0.15) is 6.61 Å². The number of anilines is 3. The Morgan fingerprint density at radius 2 is 1.76 bits per heavy atom. The number of amides is 2. The second-order valence-corrected chi connectivity index (χ2v) is 8.37. The normalized spacial score (nSPS) is 24.1. The van der Waals surface area contributed by atoms with Crippen LogP contribution in [-0.2, 0) is 14.9 Å². The fourth-order valence-electron chi connectivity index (χ4n) is 4.89. The first kappa shape index (κ1) is 17.7. The standard InChI is InChI=1S/C22H20N2O5/c1-21(2)12-22(21)14-7-3-4-8-15(14)24(19(22)27)16-9-5-6-13(18(25)26)17(16)23-10-11-29-20(23)28/h3-9H,10-12H2,1-2H3,(H,25,26)/t22-/m0/s1. The number of benzene rings is 2. The minimum Gasteiger partial charge on any atom is -0.478 e. The van der Waals surface area contributed by atoms with Crippen molar-refractivity contribution in [1.82, 2.24) is 0 Å². The number of rotatable bonds is 3. The molecule has 7 nitrogen and oxygen atoms in total. The Morgan fingerprint density at radius 3 is 2.38 bits per heavy atom. The molecule has 29 heavy (non-hydrogen) atoms. The number of cyclic esters (lactones) is 1. The van der Waals surface area contributed by atoms with Crippen molar-refractivity contribution in [3.05, 3.63) is 53.6 Å². The number of carbonyl (C=O) groups excluding carboxylic acids is 2. The van der Waals surface area contributed by atoms with Gasteiger partial charge in [0.2, 0.25) is 5.91 Å². The van der Waals surface area contributed by atoms with Crippen LogP contribution in [0.5, 0.6) is 0 Å². The predicted octanol–water partition coefficient (Wildman–Crippen LogP) is 3.69. The second-order valence-electron chi connectivity index (χ2n) is 8.37. The number of nitrogens with zero attached hydrogens (tertiary/aromatic N) is 2. The molecule has 2 aromatic rings. The fourth-order valence-corrected chi connectivity index (χ4v) is 4.89. The summed E-state index contributed by atoms with van der Waals surface area (Å²) in [6.07, 6.45) is 0.118. The summed E-state index contributed by atoms with van der Waals surface area (Å²) in [5.74, 6) is -1.25. The van der Waals surface area contributed by atoms with Crippen molar-refractivity contribution in [3.8, 4) is 0 Å². The molecule has 7 heteroatoms. The van der Waals surface area contributed by atoms with Gasteiger partial charge in [-0.25, -0.2) is 9.59 Å². The zero-order valence-corrected chi connectivity index (χ0v) is 16.1. The van der Waals surface area contributed by atoms with E-state index in [1.807, 2.05) is 24.3 Å². The third-order valence-electron chi connectivity index (χ3n) is 6.43. The van der Waals surface area contributed by atoms with Crippen LogP contribution in [0, 0.1) is 5.41 Å². The van der Waals surface area contributed by atoms with Crippen LogP contribution in [-0.4, -0.2) is 36.2 Å². The average Bonchev–Trinajstić information content (AvgIpc) is 2.94. The maximum atomic E-state index is 13.7. The number of carboxylic acid groups (broad SMARTS) is 1. The van der Waals surface area contributed by atoms with E-state index in [-0.39, 0.29) is 35.7 Å². The lowest BCUT2D eigenvalue weighted by atomic mass is 9.89. The summed E-state index contributed by atoms with van der Waals surface area (Å²) >= 11 is 0. The lowest BCUT2D eigenvalue weighted by molar-refractivity contribution is -0.120. The van der Waals surface area contributed by atoms with Crippen molar-refractivity contribution in [2.75, 3.05) is 23.0 Å². The van der Waals surface area contributed by atoms with Crippen LogP contribution in [0.3, 0.4) is 0 Å². The third-order valence-corrected chi connectivity index (χ3v) is 6.43. The molecule has 1 saturated carbocycles. The van der Waals surface area contributed by atoms with Crippen LogP contribution >= 0.6 is 0 Å². The molecule has 2 fully saturated rings. The van der Waals surface area contributed by atoms with Crippen molar-refractivity contribution >= 4 is 35.0 Å². The van der Waals surface area contributed by atoms with Gasteiger partial charge in [0.15, 0.2) is 0 Å². The monoisotopic (exact) mass is 392 g/mol. The Hall–Kier alpha value is -3.35. The highest BCUT2D eigenvalue weighted by Crippen LogP contribution is 2.70. The summed E-state index contributed by atoms with van der Waals surface area (Å²) in [5, 5.41) is 9.76. The van der Waals surface area contributed by atoms with E-state index in [0.29, 0.717) is 5.69 Å². The number of hydrogen-bond acceptors (Lipinski definition) is 4. The van der Waals surface area contributed by atoms with Crippen LogP contribution < -0.4 is 9.80 Å². The van der Waals surface area contributed by atoms with Crippen molar-refractivity contribution in [3.63, 3.8) is 0 Å². The molecule has 2 heterocycles. The number of hydrogen-bond donors (Lipinski definition) is 1. The molecule has 1 aliphatic carbocycles. The minimum atomic E-state index is -1.16. The highest BCUT2D eigenvalue weighted by atomic mass is 16.6. The van der Waals surface area contributed by atoms with E-state index in [0.717, 1.165) is 17.7 Å². The Morgan fingerprint density at radius 1 is 1.07 bits per heavy atom. The second kappa shape index (κ2) is 5.59. The molecule has 1 spiro atoms. The van der Waals surface area contributed by atoms with Gasteiger partial charge in [-0.2, -0.15) is 0 Å². The topological polar surface area (TPSA) is 87.2 Å². The molecule has 0 unspecified atom stereocenters. The van der Waals surface area contributed by atoms with Crippen LogP contribution in [0.4, 0.5) is 21.9 Å². The van der Waals surface area contributed by atoms with Gasteiger partial charge in [-0.05, 0) is 35.6 Å². The summed E-state index contributed by atoms with van der Waals surface area (Å²) in [7, 11) is 0. The van der Waals surface area contributed by atoms with Gasteiger partial charge in [-0.3, -0.25) is 14.6 Å². The molecule has 148 valence electrons. The molecule has 1 saturated heterocycles. The first-order valence-corrected chi connectivity index (χ1v) is 9.54. The number of fused-ring (bicyclic) bond motifs is 2. The fraction of sp³-hybridized carbons (Fsp3) is 0.318. The quantitative estimate of drug-likeness (QED) is 0.861. The molecule has 3 aliphatic rings. The molecular formula is C22H20N2O5. The van der Waals surface area contributed by atoms with Crippen molar-refractivity contribution in [2.24, 2.45) is 5.41 Å². The van der Waals surface area contributed by atoms with E-state index >= 15 is 0 Å². The molecule has 2 aromatic carbocycles. The van der Waals surface area contributed by atoms with Crippen molar-refractivity contribution < 1.29 is 24.2 Å². The van der Waals surface area contributed by atoms with E-state index in [2.05, 4.69) is 13.8 Å². The van der Waals surface area contributed by atoms with Gasteiger partial charge in [-0.15, -0.1) is 0 Å². The van der Waals surface area contributed by atoms with Gasteiger partial charge in [0.05, 0.1) is 34.6 Å². The maximum absolute atomic E-state index is 13.7. The van der Waals surface area contributed by atoms with Gasteiger partial charge >= 0.3 is 12.1 Å². The first-order chi connectivity index (χ1) is 13.8. The highest BCUT2D eigenvalue weighted by molar-refractivity contribution is 6.19. The Balaban J connectivity index is 1.75. The van der Waals surface area contributed by atoms with Crippen LogP contribution in [0.15, 0.2) is 42.5 Å². The summed E-state index contributed by atoms with van der Waals surface area (Å²) in [5.41, 5.74) is 1.42. The molecule has 1 atom stereocenters. The Bertz CT molecular complexity index is 1090. The van der Waals surface area contributed by atoms with Crippen molar-refractivity contribution in [1.29, 1.82) is 0 Å². The largest absolute Gasteiger partial charge is 0.478 e. The molecule has 0 bridgehead atoms. The van der Waals surface area contributed by atoms with Gasteiger partial charge < -0.3 is 9.84 Å². The van der Waals surface area contributed by atoms with Crippen LogP contribution in [0.2, 0.25) is 0 Å². The lowest BCUT2D eigenvalue weighted by Crippen LogP contribution is -2.34.